The van der Waals surface area contributed by atoms with Gasteiger partial charge in [-0.2, -0.15) is 0 Å². The monoisotopic (exact) mass is 360 g/mol. The van der Waals surface area contributed by atoms with Gasteiger partial charge in [-0.15, -0.1) is 0 Å². The Morgan fingerprint density at radius 1 is 1.00 bits per heavy atom. The highest BCUT2D eigenvalue weighted by molar-refractivity contribution is 5.00. The van der Waals surface area contributed by atoms with Crippen LogP contribution in [0.15, 0.2) is 0 Å². The van der Waals surface area contributed by atoms with Crippen molar-refractivity contribution in [3.8, 4) is 0 Å². The highest BCUT2D eigenvalue weighted by Gasteiger charge is 2.60. The van der Waals surface area contributed by atoms with E-state index in [9.17, 15) is 5.11 Å². The first-order valence-corrected chi connectivity index (χ1v) is 8.88. The van der Waals surface area contributed by atoms with Gasteiger partial charge in [0.05, 0.1) is 12.7 Å². The van der Waals surface area contributed by atoms with Crippen LogP contribution in [0.5, 0.6) is 0 Å². The van der Waals surface area contributed by atoms with Crippen LogP contribution in [0.3, 0.4) is 0 Å². The van der Waals surface area contributed by atoms with Crippen LogP contribution < -0.4 is 0 Å². The third-order valence-electron chi connectivity index (χ3n) is 5.25. The number of hydrogen-bond acceptors (Lipinski definition) is 8. The summed E-state index contributed by atoms with van der Waals surface area (Å²) in [5, 5.41) is 10.9. The predicted molar refractivity (Wildman–Crippen MR) is 83.5 cm³/mol. The molecule has 0 aromatic heterocycles. The Bertz CT molecular complexity index is 523. The van der Waals surface area contributed by atoms with Crippen molar-refractivity contribution in [3.63, 3.8) is 0 Å². The molecule has 0 aromatic rings. The van der Waals surface area contributed by atoms with Crippen LogP contribution in [0.1, 0.15) is 40.5 Å². The van der Waals surface area contributed by atoms with Crippen molar-refractivity contribution in [3.05, 3.63) is 0 Å². The zero-order valence-corrected chi connectivity index (χ0v) is 15.4. The Hall–Kier alpha value is -0.320. The van der Waals surface area contributed by atoms with Crippen LogP contribution in [0.25, 0.3) is 0 Å². The third kappa shape index (κ3) is 3.12. The van der Waals surface area contributed by atoms with E-state index in [2.05, 4.69) is 0 Å². The molecular formula is C17H28O8. The molecule has 0 bridgehead atoms. The molecule has 144 valence electrons. The normalized spacial score (nSPS) is 50.2. The molecule has 0 amide bonds. The number of ether oxygens (including phenoxy) is 7. The molecule has 0 aromatic carbocycles. The van der Waals surface area contributed by atoms with Gasteiger partial charge < -0.3 is 38.3 Å². The van der Waals surface area contributed by atoms with Crippen LogP contribution in [0.2, 0.25) is 0 Å². The first-order valence-electron chi connectivity index (χ1n) is 8.88. The molecule has 0 spiro atoms. The maximum absolute atomic E-state index is 10.9. The quantitative estimate of drug-likeness (QED) is 0.792. The summed E-state index contributed by atoms with van der Waals surface area (Å²) in [6.07, 6.45) is -1.12. The highest BCUT2D eigenvalue weighted by Crippen LogP contribution is 2.44. The van der Waals surface area contributed by atoms with E-state index >= 15 is 0 Å². The Balaban J connectivity index is 1.41. The van der Waals surface area contributed by atoms with Gasteiger partial charge in [0.2, 0.25) is 0 Å². The summed E-state index contributed by atoms with van der Waals surface area (Å²) in [5.74, 6) is -2.78. The maximum atomic E-state index is 10.9. The van der Waals surface area contributed by atoms with E-state index < -0.39 is 29.8 Å². The lowest BCUT2D eigenvalue weighted by Crippen LogP contribution is -2.44. The van der Waals surface area contributed by atoms with Gasteiger partial charge >= 0.3 is 0 Å². The van der Waals surface area contributed by atoms with E-state index in [1.807, 2.05) is 27.7 Å². The zero-order chi connectivity index (χ0) is 18.0. The van der Waals surface area contributed by atoms with Gasteiger partial charge in [0, 0.05) is 13.5 Å². The Morgan fingerprint density at radius 2 is 1.68 bits per heavy atom. The van der Waals surface area contributed by atoms with Crippen LogP contribution >= 0.6 is 0 Å². The van der Waals surface area contributed by atoms with Gasteiger partial charge in [-0.05, 0) is 34.1 Å². The smallest absolute Gasteiger partial charge is 0.195 e. The van der Waals surface area contributed by atoms with Crippen molar-refractivity contribution in [2.24, 2.45) is 0 Å². The molecule has 4 heterocycles. The minimum Gasteiger partial charge on any atom is -0.363 e. The molecule has 4 aliphatic heterocycles. The van der Waals surface area contributed by atoms with Crippen LogP contribution in [0.4, 0.5) is 0 Å². The molecule has 1 N–H and O–H groups in total. The van der Waals surface area contributed by atoms with Gasteiger partial charge in [0.1, 0.15) is 24.4 Å². The summed E-state index contributed by atoms with van der Waals surface area (Å²) < 4.78 is 40.4. The lowest BCUT2D eigenvalue weighted by molar-refractivity contribution is -0.266. The lowest BCUT2D eigenvalue weighted by atomic mass is 9.98. The lowest BCUT2D eigenvalue weighted by Gasteiger charge is -2.30. The fourth-order valence-corrected chi connectivity index (χ4v) is 4.28. The third-order valence-corrected chi connectivity index (χ3v) is 5.25. The maximum Gasteiger partial charge on any atom is 0.195 e. The average molecular weight is 360 g/mol. The molecule has 8 heteroatoms. The van der Waals surface area contributed by atoms with E-state index in [1.165, 1.54) is 0 Å². The molecule has 0 radical (unpaired) electrons. The average Bonchev–Trinajstić information content (AvgIpc) is 3.17. The second-order valence-corrected chi connectivity index (χ2v) is 8.13. The van der Waals surface area contributed by atoms with E-state index in [1.54, 1.807) is 7.11 Å². The van der Waals surface area contributed by atoms with Crippen LogP contribution in [0, 0.1) is 0 Å². The molecule has 4 aliphatic rings. The molecule has 25 heavy (non-hydrogen) atoms. The first kappa shape index (κ1) is 18.1. The van der Waals surface area contributed by atoms with Gasteiger partial charge in [0.15, 0.2) is 23.7 Å². The number of rotatable bonds is 4. The standard InChI is InChI=1S/C17H28O8/c1-15(2)22-10-8-20-17(18,13(10)25-15)7-6-9-11-12(14(19-5)21-9)24-16(3,4)23-11/h9-14,18H,6-8H2,1-5H3/t9-,10-,11-,12-,13-,14-,17?/m1/s1. The fraction of sp³-hybridized carbons (Fsp3) is 1.00. The number of hydrogen-bond donors (Lipinski definition) is 1. The zero-order valence-electron chi connectivity index (χ0n) is 15.4. The Labute approximate surface area is 147 Å². The van der Waals surface area contributed by atoms with Crippen molar-refractivity contribution in [1.82, 2.24) is 0 Å². The summed E-state index contributed by atoms with van der Waals surface area (Å²) in [7, 11) is 1.59. The molecular weight excluding hydrogens is 332 g/mol. The van der Waals surface area contributed by atoms with Crippen LogP contribution in [-0.4, -0.2) is 73.0 Å². The Morgan fingerprint density at radius 3 is 2.40 bits per heavy atom. The van der Waals surface area contributed by atoms with E-state index in [-0.39, 0.29) is 24.4 Å². The number of aliphatic hydroxyl groups is 1. The number of methoxy groups -OCH3 is 1. The second kappa shape index (κ2) is 5.84. The topological polar surface area (TPSA) is 84.8 Å². The largest absolute Gasteiger partial charge is 0.363 e. The van der Waals surface area contributed by atoms with Crippen molar-refractivity contribution in [2.45, 2.75) is 94.7 Å². The minimum absolute atomic E-state index is 0.238. The van der Waals surface area contributed by atoms with E-state index in [0.717, 1.165) is 0 Å². The van der Waals surface area contributed by atoms with E-state index in [0.29, 0.717) is 19.4 Å². The molecule has 4 saturated heterocycles. The predicted octanol–water partition coefficient (Wildman–Crippen LogP) is 0.897. The van der Waals surface area contributed by atoms with E-state index in [4.69, 9.17) is 33.2 Å². The Kier molecular flexibility index (Phi) is 4.22. The molecule has 4 fully saturated rings. The van der Waals surface area contributed by atoms with Crippen molar-refractivity contribution < 1.29 is 38.3 Å². The van der Waals surface area contributed by atoms with Crippen molar-refractivity contribution >= 4 is 0 Å². The molecule has 0 aliphatic carbocycles. The first-order chi connectivity index (χ1) is 11.6. The molecule has 4 rings (SSSR count). The van der Waals surface area contributed by atoms with Crippen molar-refractivity contribution in [2.75, 3.05) is 13.7 Å². The SMILES string of the molecule is CO[C@@H]1O[C@H](CCC2(O)OC[C@H]3OC(C)(C)O[C@H]32)[C@H]2OC(C)(C)O[C@@H]12. The summed E-state index contributed by atoms with van der Waals surface area (Å²) >= 11 is 0. The molecule has 0 saturated carbocycles. The second-order valence-electron chi connectivity index (χ2n) is 8.13. The van der Waals surface area contributed by atoms with Crippen molar-refractivity contribution in [1.29, 1.82) is 0 Å². The van der Waals surface area contributed by atoms with Gasteiger partial charge in [-0.25, -0.2) is 0 Å². The molecule has 7 atom stereocenters. The van der Waals surface area contributed by atoms with Gasteiger partial charge in [-0.1, -0.05) is 0 Å². The van der Waals surface area contributed by atoms with Gasteiger partial charge in [0.25, 0.3) is 0 Å². The van der Waals surface area contributed by atoms with Crippen LogP contribution in [-0.2, 0) is 33.2 Å². The summed E-state index contributed by atoms with van der Waals surface area (Å²) in [6, 6.07) is 0. The van der Waals surface area contributed by atoms with Gasteiger partial charge in [-0.3, -0.25) is 0 Å². The highest BCUT2D eigenvalue weighted by atomic mass is 16.8. The summed E-state index contributed by atoms with van der Waals surface area (Å²) in [6.45, 7) is 7.74. The molecule has 8 nitrogen and oxygen atoms in total. The minimum atomic E-state index is -1.39. The summed E-state index contributed by atoms with van der Waals surface area (Å²) in [4.78, 5) is 0. The number of fused-ring (bicyclic) bond motifs is 2. The summed E-state index contributed by atoms with van der Waals surface area (Å²) in [5.41, 5.74) is 0. The molecule has 1 unspecified atom stereocenters. The fourth-order valence-electron chi connectivity index (χ4n) is 4.28.